The molecule has 1 N–H and O–H groups in total. The lowest BCUT2D eigenvalue weighted by Gasteiger charge is -2.13. The second kappa shape index (κ2) is 5.71. The monoisotopic (exact) mass is 270 g/mol. The van der Waals surface area contributed by atoms with E-state index in [9.17, 15) is 9.18 Å². The topological polar surface area (TPSA) is 46.5 Å². The average molecular weight is 270 g/mol. The van der Waals surface area contributed by atoms with Gasteiger partial charge in [0, 0.05) is 17.6 Å². The Labute approximate surface area is 109 Å². The van der Waals surface area contributed by atoms with Gasteiger partial charge >= 0.3 is 5.97 Å². The van der Waals surface area contributed by atoms with E-state index >= 15 is 0 Å². The van der Waals surface area contributed by atoms with Crippen molar-refractivity contribution in [3.8, 4) is 0 Å². The molecule has 1 heterocycles. The molecule has 0 amide bonds. The maximum Gasteiger partial charge on any atom is 0.338 e. The van der Waals surface area contributed by atoms with E-state index in [1.807, 2.05) is 6.92 Å². The number of carboxylic acid groups (broad SMARTS) is 1. The van der Waals surface area contributed by atoms with E-state index in [2.05, 4.69) is 0 Å². The van der Waals surface area contributed by atoms with Gasteiger partial charge in [0.25, 0.3) is 0 Å². The molecule has 1 aliphatic heterocycles. The number of rotatable bonds is 4. The molecule has 0 aliphatic carbocycles. The van der Waals surface area contributed by atoms with Crippen molar-refractivity contribution >= 4 is 17.7 Å². The Morgan fingerprint density at radius 2 is 2.39 bits per heavy atom. The van der Waals surface area contributed by atoms with Crippen LogP contribution in [0, 0.1) is 5.82 Å². The predicted molar refractivity (Wildman–Crippen MR) is 68.5 cm³/mol. The van der Waals surface area contributed by atoms with Gasteiger partial charge in [-0.25, -0.2) is 9.18 Å². The van der Waals surface area contributed by atoms with Gasteiger partial charge in [-0.3, -0.25) is 0 Å². The largest absolute Gasteiger partial charge is 0.478 e. The number of carboxylic acids is 1. The number of hydrogen-bond acceptors (Lipinski definition) is 3. The van der Waals surface area contributed by atoms with Crippen LogP contribution < -0.4 is 0 Å². The maximum absolute atomic E-state index is 13.2. The minimum absolute atomic E-state index is 0.231. The van der Waals surface area contributed by atoms with Gasteiger partial charge in [0.2, 0.25) is 0 Å². The number of benzene rings is 1. The van der Waals surface area contributed by atoms with Crippen molar-refractivity contribution in [2.45, 2.75) is 30.5 Å². The Hall–Kier alpha value is -1.07. The van der Waals surface area contributed by atoms with Gasteiger partial charge in [-0.1, -0.05) is 6.07 Å². The summed E-state index contributed by atoms with van der Waals surface area (Å²) in [7, 11) is 0. The van der Waals surface area contributed by atoms with Crippen molar-refractivity contribution in [2.75, 3.05) is 6.61 Å². The van der Waals surface area contributed by atoms with Crippen LogP contribution in [-0.4, -0.2) is 29.0 Å². The van der Waals surface area contributed by atoms with Gasteiger partial charge in [-0.05, 0) is 31.0 Å². The van der Waals surface area contributed by atoms with Crippen molar-refractivity contribution in [1.29, 1.82) is 0 Å². The normalized spacial score (nSPS) is 23.2. The molecule has 1 saturated heterocycles. The highest BCUT2D eigenvalue weighted by Gasteiger charge is 2.24. The van der Waals surface area contributed by atoms with Crippen LogP contribution in [0.5, 0.6) is 0 Å². The summed E-state index contributed by atoms with van der Waals surface area (Å²) in [6.07, 6.45) is 1.24. The molecule has 1 aromatic rings. The van der Waals surface area contributed by atoms with E-state index < -0.39 is 11.8 Å². The summed E-state index contributed by atoms with van der Waals surface area (Å²) in [5, 5.41) is 9.28. The molecule has 2 unspecified atom stereocenters. The lowest BCUT2D eigenvalue weighted by molar-refractivity contribution is 0.0691. The van der Waals surface area contributed by atoms with Crippen molar-refractivity contribution in [2.24, 2.45) is 0 Å². The minimum Gasteiger partial charge on any atom is -0.478 e. The highest BCUT2D eigenvalue weighted by molar-refractivity contribution is 7.99. The number of hydrogen-bond donors (Lipinski definition) is 1. The van der Waals surface area contributed by atoms with E-state index in [1.54, 1.807) is 17.8 Å². The number of carbonyl (C=O) groups is 1. The first kappa shape index (κ1) is 13.4. The fourth-order valence-corrected chi connectivity index (χ4v) is 3.16. The first-order chi connectivity index (χ1) is 8.58. The number of ether oxygens (including phenoxy) is 1. The second-order valence-corrected chi connectivity index (χ2v) is 5.56. The summed E-state index contributed by atoms with van der Waals surface area (Å²) in [4.78, 5) is 10.8. The standard InChI is InChI=1S/C13H15FO3S/c1-8-12(4-5-17-8)18-7-9-2-3-11(14)10(6-9)13(15)16/h2-3,6,8,12H,4-5,7H2,1H3,(H,15,16). The molecular weight excluding hydrogens is 255 g/mol. The van der Waals surface area contributed by atoms with Gasteiger partial charge in [0.05, 0.1) is 11.7 Å². The van der Waals surface area contributed by atoms with Crippen LogP contribution in [-0.2, 0) is 10.5 Å². The van der Waals surface area contributed by atoms with Crippen LogP contribution in [0.4, 0.5) is 4.39 Å². The molecule has 2 rings (SSSR count). The van der Waals surface area contributed by atoms with E-state index in [1.165, 1.54) is 12.1 Å². The van der Waals surface area contributed by atoms with Crippen LogP contribution in [0.1, 0.15) is 29.3 Å². The van der Waals surface area contributed by atoms with Gasteiger partial charge in [0.15, 0.2) is 0 Å². The molecule has 3 nitrogen and oxygen atoms in total. The van der Waals surface area contributed by atoms with E-state index in [-0.39, 0.29) is 11.7 Å². The first-order valence-electron chi connectivity index (χ1n) is 5.83. The SMILES string of the molecule is CC1OCCC1SCc1ccc(F)c(C(=O)O)c1. The first-order valence-corrected chi connectivity index (χ1v) is 6.87. The molecule has 0 spiro atoms. The number of thioether (sulfide) groups is 1. The summed E-state index contributed by atoms with van der Waals surface area (Å²) >= 11 is 1.73. The van der Waals surface area contributed by atoms with Crippen LogP contribution in [0.2, 0.25) is 0 Å². The third-order valence-corrected chi connectivity index (χ3v) is 4.58. The highest BCUT2D eigenvalue weighted by Crippen LogP contribution is 2.29. The minimum atomic E-state index is -1.23. The summed E-state index contributed by atoms with van der Waals surface area (Å²) < 4.78 is 18.7. The Bertz CT molecular complexity index is 450. The lowest BCUT2D eigenvalue weighted by atomic mass is 10.1. The fraction of sp³-hybridized carbons (Fsp3) is 0.462. The Morgan fingerprint density at radius 3 is 3.00 bits per heavy atom. The van der Waals surface area contributed by atoms with Gasteiger partial charge < -0.3 is 9.84 Å². The quantitative estimate of drug-likeness (QED) is 0.913. The molecule has 0 saturated carbocycles. The summed E-state index contributed by atoms with van der Waals surface area (Å²) in [5.74, 6) is -1.23. The third kappa shape index (κ3) is 3.03. The summed E-state index contributed by atoms with van der Waals surface area (Å²) in [5.41, 5.74) is 0.571. The molecule has 1 fully saturated rings. The molecular formula is C13H15FO3S. The zero-order chi connectivity index (χ0) is 13.1. The van der Waals surface area contributed by atoms with Crippen LogP contribution >= 0.6 is 11.8 Å². The fourth-order valence-electron chi connectivity index (χ4n) is 1.96. The summed E-state index contributed by atoms with van der Waals surface area (Å²) in [6.45, 7) is 2.82. The Morgan fingerprint density at radius 1 is 1.61 bits per heavy atom. The molecule has 0 aromatic heterocycles. The van der Waals surface area contributed by atoms with E-state index in [0.717, 1.165) is 18.6 Å². The molecule has 1 aromatic carbocycles. The van der Waals surface area contributed by atoms with E-state index in [4.69, 9.17) is 9.84 Å². The smallest absolute Gasteiger partial charge is 0.338 e. The highest BCUT2D eigenvalue weighted by atomic mass is 32.2. The van der Waals surface area contributed by atoms with Gasteiger partial charge in [0.1, 0.15) is 5.82 Å². The second-order valence-electron chi connectivity index (χ2n) is 4.33. The Kier molecular flexibility index (Phi) is 4.24. The van der Waals surface area contributed by atoms with Gasteiger partial charge in [-0.2, -0.15) is 11.8 Å². The lowest BCUT2D eigenvalue weighted by Crippen LogP contribution is -2.13. The molecule has 1 aliphatic rings. The van der Waals surface area contributed by atoms with Gasteiger partial charge in [-0.15, -0.1) is 0 Å². The van der Waals surface area contributed by atoms with Crippen molar-refractivity contribution in [3.63, 3.8) is 0 Å². The average Bonchev–Trinajstić information content (AvgIpc) is 2.73. The molecule has 2 atom stereocenters. The molecule has 0 bridgehead atoms. The zero-order valence-corrected chi connectivity index (χ0v) is 10.9. The van der Waals surface area contributed by atoms with Crippen molar-refractivity contribution < 1.29 is 19.0 Å². The third-order valence-electron chi connectivity index (χ3n) is 3.03. The van der Waals surface area contributed by atoms with Crippen molar-refractivity contribution in [3.05, 3.63) is 35.1 Å². The van der Waals surface area contributed by atoms with Crippen LogP contribution in [0.3, 0.4) is 0 Å². The number of aromatic carboxylic acids is 1. The van der Waals surface area contributed by atoms with Crippen molar-refractivity contribution in [1.82, 2.24) is 0 Å². The molecule has 18 heavy (non-hydrogen) atoms. The molecule has 5 heteroatoms. The zero-order valence-electron chi connectivity index (χ0n) is 10.1. The molecule has 0 radical (unpaired) electrons. The maximum atomic E-state index is 13.2. The predicted octanol–water partition coefficient (Wildman–Crippen LogP) is 2.93. The van der Waals surface area contributed by atoms with Crippen LogP contribution in [0.15, 0.2) is 18.2 Å². The Balaban J connectivity index is 2.01. The van der Waals surface area contributed by atoms with Crippen LogP contribution in [0.25, 0.3) is 0 Å². The van der Waals surface area contributed by atoms with E-state index in [0.29, 0.717) is 11.0 Å². The molecule has 98 valence electrons. The number of halogens is 1. The summed E-state index contributed by atoms with van der Waals surface area (Å²) in [6, 6.07) is 4.26.